The predicted octanol–water partition coefficient (Wildman–Crippen LogP) is 4.86. The van der Waals surface area contributed by atoms with E-state index >= 15 is 0 Å². The van der Waals surface area contributed by atoms with E-state index in [1.54, 1.807) is 0 Å². The van der Waals surface area contributed by atoms with Crippen LogP contribution in [-0.4, -0.2) is 13.1 Å². The molecule has 1 nitrogen and oxygen atoms in total. The Bertz CT molecular complexity index is 216. The average Bonchev–Trinajstić information content (AvgIpc) is 2.28. The van der Waals surface area contributed by atoms with Crippen LogP contribution in [0.2, 0.25) is 0 Å². The third-order valence-corrected chi connectivity index (χ3v) is 4.50. The summed E-state index contributed by atoms with van der Waals surface area (Å²) in [4.78, 5) is 0. The molecule has 0 aromatic heterocycles. The monoisotopic (exact) mass is 253 g/mol. The smallest absolute Gasteiger partial charge is 0.00179 e. The molecule has 0 aromatic rings. The number of hydrogen-bond acceptors (Lipinski definition) is 1. The fourth-order valence-corrected chi connectivity index (χ4v) is 3.27. The van der Waals surface area contributed by atoms with Gasteiger partial charge in [0.05, 0.1) is 0 Å². The second-order valence-electron chi connectivity index (χ2n) is 7.74. The first-order valence-electron chi connectivity index (χ1n) is 8.13. The average molecular weight is 253 g/mol. The lowest BCUT2D eigenvalue weighted by atomic mass is 9.71. The van der Waals surface area contributed by atoms with Crippen LogP contribution in [0.4, 0.5) is 0 Å². The van der Waals surface area contributed by atoms with Gasteiger partial charge in [-0.3, -0.25) is 0 Å². The molecule has 1 aliphatic carbocycles. The molecule has 0 spiro atoms. The van der Waals surface area contributed by atoms with Crippen LogP contribution in [0, 0.1) is 23.2 Å². The summed E-state index contributed by atoms with van der Waals surface area (Å²) in [6.07, 6.45) is 8.45. The molecule has 3 unspecified atom stereocenters. The standard InChI is InChI=1S/C17H35N/c1-6-11-18-13-16-8-7-14(2)12-15(16)9-10-17(3,4)5/h14-16,18H,6-13H2,1-5H3. The highest BCUT2D eigenvalue weighted by Gasteiger charge is 2.29. The van der Waals surface area contributed by atoms with Crippen LogP contribution < -0.4 is 5.32 Å². The second kappa shape index (κ2) is 7.53. The van der Waals surface area contributed by atoms with Crippen molar-refractivity contribution in [1.29, 1.82) is 0 Å². The van der Waals surface area contributed by atoms with Gasteiger partial charge in [-0.1, -0.05) is 41.0 Å². The van der Waals surface area contributed by atoms with Gasteiger partial charge in [0.1, 0.15) is 0 Å². The number of rotatable bonds is 6. The van der Waals surface area contributed by atoms with Crippen molar-refractivity contribution in [2.45, 2.75) is 73.1 Å². The Kier molecular flexibility index (Phi) is 6.70. The van der Waals surface area contributed by atoms with Crippen molar-refractivity contribution in [1.82, 2.24) is 5.32 Å². The van der Waals surface area contributed by atoms with Crippen LogP contribution in [0.5, 0.6) is 0 Å². The lowest BCUT2D eigenvalue weighted by Gasteiger charge is -2.36. The molecular formula is C17H35N. The second-order valence-corrected chi connectivity index (χ2v) is 7.74. The largest absolute Gasteiger partial charge is 0.316 e. The van der Waals surface area contributed by atoms with Crippen LogP contribution >= 0.6 is 0 Å². The summed E-state index contributed by atoms with van der Waals surface area (Å²) in [5, 5.41) is 3.65. The van der Waals surface area contributed by atoms with E-state index in [-0.39, 0.29) is 0 Å². The molecule has 1 fully saturated rings. The Morgan fingerprint density at radius 2 is 1.83 bits per heavy atom. The van der Waals surface area contributed by atoms with Crippen LogP contribution in [0.1, 0.15) is 73.1 Å². The molecule has 0 aromatic carbocycles. The van der Waals surface area contributed by atoms with Crippen molar-refractivity contribution in [2.75, 3.05) is 13.1 Å². The molecule has 0 saturated heterocycles. The molecule has 1 rings (SSSR count). The molecule has 18 heavy (non-hydrogen) atoms. The zero-order chi connectivity index (χ0) is 13.6. The van der Waals surface area contributed by atoms with Gasteiger partial charge < -0.3 is 5.32 Å². The summed E-state index contributed by atoms with van der Waals surface area (Å²) in [5.41, 5.74) is 0.502. The van der Waals surface area contributed by atoms with Crippen molar-refractivity contribution in [3.63, 3.8) is 0 Å². The normalized spacial score (nSPS) is 29.5. The SMILES string of the molecule is CCCNCC1CCC(C)CC1CCC(C)(C)C. The maximum atomic E-state index is 3.65. The van der Waals surface area contributed by atoms with E-state index in [1.165, 1.54) is 51.6 Å². The predicted molar refractivity (Wildman–Crippen MR) is 81.8 cm³/mol. The molecule has 0 bridgehead atoms. The molecule has 1 saturated carbocycles. The van der Waals surface area contributed by atoms with E-state index in [0.29, 0.717) is 5.41 Å². The summed E-state index contributed by atoms with van der Waals surface area (Å²) >= 11 is 0. The minimum atomic E-state index is 0.502. The number of nitrogens with one attached hydrogen (secondary N) is 1. The summed E-state index contributed by atoms with van der Waals surface area (Å²) in [6, 6.07) is 0. The van der Waals surface area contributed by atoms with E-state index in [0.717, 1.165) is 17.8 Å². The first-order chi connectivity index (χ1) is 8.42. The Balaban J connectivity index is 2.40. The lowest BCUT2D eigenvalue weighted by Crippen LogP contribution is -2.33. The van der Waals surface area contributed by atoms with Crippen molar-refractivity contribution in [2.24, 2.45) is 23.2 Å². The van der Waals surface area contributed by atoms with Gasteiger partial charge in [-0.2, -0.15) is 0 Å². The quantitative estimate of drug-likeness (QED) is 0.666. The first kappa shape index (κ1) is 16.0. The van der Waals surface area contributed by atoms with E-state index < -0.39 is 0 Å². The molecule has 0 amide bonds. The molecule has 3 atom stereocenters. The van der Waals surface area contributed by atoms with Gasteiger partial charge in [0.25, 0.3) is 0 Å². The highest BCUT2D eigenvalue weighted by Crippen LogP contribution is 2.38. The minimum absolute atomic E-state index is 0.502. The van der Waals surface area contributed by atoms with Crippen LogP contribution in [0.25, 0.3) is 0 Å². The Morgan fingerprint density at radius 1 is 1.11 bits per heavy atom. The topological polar surface area (TPSA) is 12.0 Å². The number of hydrogen-bond donors (Lipinski definition) is 1. The Hall–Kier alpha value is -0.0400. The highest BCUT2D eigenvalue weighted by atomic mass is 14.9. The molecule has 0 radical (unpaired) electrons. The molecule has 1 heteroatoms. The summed E-state index contributed by atoms with van der Waals surface area (Å²) in [5.74, 6) is 2.87. The van der Waals surface area contributed by atoms with E-state index in [9.17, 15) is 0 Å². The first-order valence-corrected chi connectivity index (χ1v) is 8.13. The summed E-state index contributed by atoms with van der Waals surface area (Å²) < 4.78 is 0. The molecule has 0 aliphatic heterocycles. The molecule has 1 N–H and O–H groups in total. The van der Waals surface area contributed by atoms with Crippen LogP contribution in [-0.2, 0) is 0 Å². The Labute approximate surface area is 115 Å². The zero-order valence-corrected chi connectivity index (χ0v) is 13.4. The van der Waals surface area contributed by atoms with Gasteiger partial charge in [0, 0.05) is 0 Å². The lowest BCUT2D eigenvalue weighted by molar-refractivity contribution is 0.157. The van der Waals surface area contributed by atoms with E-state index in [1.807, 2.05) is 0 Å². The van der Waals surface area contributed by atoms with Gasteiger partial charge in [-0.15, -0.1) is 0 Å². The molecular weight excluding hydrogens is 218 g/mol. The van der Waals surface area contributed by atoms with Gasteiger partial charge in [-0.25, -0.2) is 0 Å². The van der Waals surface area contributed by atoms with Crippen molar-refractivity contribution < 1.29 is 0 Å². The maximum Gasteiger partial charge on any atom is -0.00179 e. The molecule has 1 aliphatic rings. The van der Waals surface area contributed by atoms with Gasteiger partial charge >= 0.3 is 0 Å². The van der Waals surface area contributed by atoms with Gasteiger partial charge in [0.2, 0.25) is 0 Å². The maximum absolute atomic E-state index is 3.65. The van der Waals surface area contributed by atoms with Crippen molar-refractivity contribution in [3.05, 3.63) is 0 Å². The van der Waals surface area contributed by atoms with E-state index in [4.69, 9.17) is 0 Å². The van der Waals surface area contributed by atoms with E-state index in [2.05, 4.69) is 39.9 Å². The van der Waals surface area contributed by atoms with Crippen LogP contribution in [0.15, 0.2) is 0 Å². The van der Waals surface area contributed by atoms with Gasteiger partial charge in [0.15, 0.2) is 0 Å². The summed E-state index contributed by atoms with van der Waals surface area (Å²) in [7, 11) is 0. The Morgan fingerprint density at radius 3 is 2.44 bits per heavy atom. The molecule has 108 valence electrons. The van der Waals surface area contributed by atoms with Crippen LogP contribution in [0.3, 0.4) is 0 Å². The third-order valence-electron chi connectivity index (χ3n) is 4.50. The van der Waals surface area contributed by atoms with Crippen molar-refractivity contribution >= 4 is 0 Å². The highest BCUT2D eigenvalue weighted by molar-refractivity contribution is 4.81. The fourth-order valence-electron chi connectivity index (χ4n) is 3.27. The molecule has 0 heterocycles. The minimum Gasteiger partial charge on any atom is -0.316 e. The summed E-state index contributed by atoms with van der Waals surface area (Å²) in [6.45, 7) is 14.3. The van der Waals surface area contributed by atoms with Gasteiger partial charge in [-0.05, 0) is 68.4 Å². The van der Waals surface area contributed by atoms with Crippen molar-refractivity contribution in [3.8, 4) is 0 Å². The zero-order valence-electron chi connectivity index (χ0n) is 13.4. The fraction of sp³-hybridized carbons (Fsp3) is 1.00. The third kappa shape index (κ3) is 6.22.